The van der Waals surface area contributed by atoms with Crippen LogP contribution in [0.25, 0.3) is 0 Å². The van der Waals surface area contributed by atoms with E-state index in [4.69, 9.17) is 0 Å². The molecule has 0 atom stereocenters. The summed E-state index contributed by atoms with van der Waals surface area (Å²) >= 11 is 0. The fraction of sp³-hybridized carbons (Fsp3) is 0.400. The van der Waals surface area contributed by atoms with E-state index in [9.17, 15) is 0 Å². The Hall–Kier alpha value is -1.60. The van der Waals surface area contributed by atoms with Gasteiger partial charge in [0, 0.05) is 0 Å². The van der Waals surface area contributed by atoms with E-state index in [0.717, 1.165) is 13.0 Å². The Kier molecular flexibility index (Phi) is 5.19. The van der Waals surface area contributed by atoms with Crippen LogP contribution in [0, 0.1) is 27.7 Å². The van der Waals surface area contributed by atoms with Crippen LogP contribution < -0.4 is 5.32 Å². The van der Waals surface area contributed by atoms with Gasteiger partial charge in [0.25, 0.3) is 0 Å². The second kappa shape index (κ2) is 6.91. The number of rotatable bonds is 5. The van der Waals surface area contributed by atoms with Gasteiger partial charge >= 0.3 is 0 Å². The van der Waals surface area contributed by atoms with Gasteiger partial charge in [-0.25, -0.2) is 0 Å². The largest absolute Gasteiger partial charge is 0.306 e. The van der Waals surface area contributed by atoms with Crippen molar-refractivity contribution in [2.24, 2.45) is 0 Å². The molecule has 0 aromatic heterocycles. The lowest BCUT2D eigenvalue weighted by Crippen LogP contribution is -2.25. The monoisotopic (exact) mass is 281 g/mol. The minimum Gasteiger partial charge on any atom is -0.306 e. The van der Waals surface area contributed by atoms with Crippen LogP contribution >= 0.6 is 0 Å². The van der Waals surface area contributed by atoms with Crippen molar-refractivity contribution in [2.75, 3.05) is 6.54 Å². The molecule has 0 unspecified atom stereocenters. The zero-order valence-electron chi connectivity index (χ0n) is 14.0. The van der Waals surface area contributed by atoms with Gasteiger partial charge in [-0.3, -0.25) is 0 Å². The molecule has 112 valence electrons. The molecule has 0 saturated carbocycles. The Morgan fingerprint density at radius 1 is 0.810 bits per heavy atom. The average molecular weight is 281 g/mol. The van der Waals surface area contributed by atoms with Crippen molar-refractivity contribution in [2.45, 2.75) is 47.1 Å². The lowest BCUT2D eigenvalue weighted by atomic mass is 9.89. The molecular weight excluding hydrogens is 254 g/mol. The van der Waals surface area contributed by atoms with Crippen molar-refractivity contribution >= 4 is 0 Å². The van der Waals surface area contributed by atoms with E-state index < -0.39 is 0 Å². The molecule has 0 aliphatic rings. The number of benzene rings is 2. The van der Waals surface area contributed by atoms with E-state index in [-0.39, 0.29) is 6.04 Å². The normalized spacial score (nSPS) is 11.1. The highest BCUT2D eigenvalue weighted by Crippen LogP contribution is 2.29. The van der Waals surface area contributed by atoms with Crippen LogP contribution in [0.3, 0.4) is 0 Å². The minimum atomic E-state index is 0.282. The molecule has 0 fully saturated rings. The van der Waals surface area contributed by atoms with Crippen LogP contribution in [0.15, 0.2) is 36.4 Å². The minimum absolute atomic E-state index is 0.282. The van der Waals surface area contributed by atoms with Crippen molar-refractivity contribution in [1.29, 1.82) is 0 Å². The molecule has 0 heterocycles. The number of hydrogen-bond acceptors (Lipinski definition) is 1. The summed E-state index contributed by atoms with van der Waals surface area (Å²) in [6.07, 6.45) is 1.15. The van der Waals surface area contributed by atoms with Crippen molar-refractivity contribution < 1.29 is 0 Å². The highest BCUT2D eigenvalue weighted by molar-refractivity contribution is 5.44. The molecule has 2 aromatic carbocycles. The van der Waals surface area contributed by atoms with Crippen molar-refractivity contribution in [3.05, 3.63) is 69.8 Å². The molecule has 0 spiro atoms. The predicted molar refractivity (Wildman–Crippen MR) is 92.0 cm³/mol. The molecule has 0 aliphatic heterocycles. The second-order valence-corrected chi connectivity index (χ2v) is 5.97. The van der Waals surface area contributed by atoms with Crippen LogP contribution in [0.2, 0.25) is 0 Å². The molecule has 1 N–H and O–H groups in total. The van der Waals surface area contributed by atoms with E-state index in [2.05, 4.69) is 76.3 Å². The summed E-state index contributed by atoms with van der Waals surface area (Å²) in [6.45, 7) is 12.1. The van der Waals surface area contributed by atoms with Gasteiger partial charge in [0.05, 0.1) is 6.04 Å². The standard InChI is InChI=1S/C20H27N/c1-6-13-21-20(18-11-7-9-14(2)16(18)4)19-12-8-10-15(3)17(19)5/h7-12,20-21H,6,13H2,1-5H3. The molecule has 2 aromatic rings. The topological polar surface area (TPSA) is 12.0 Å². The quantitative estimate of drug-likeness (QED) is 0.812. The second-order valence-electron chi connectivity index (χ2n) is 5.97. The summed E-state index contributed by atoms with van der Waals surface area (Å²) in [7, 11) is 0. The summed E-state index contributed by atoms with van der Waals surface area (Å²) in [4.78, 5) is 0. The fourth-order valence-corrected chi connectivity index (χ4v) is 2.85. The van der Waals surface area contributed by atoms with Gasteiger partial charge in [-0.05, 0) is 74.0 Å². The smallest absolute Gasteiger partial charge is 0.0582 e. The van der Waals surface area contributed by atoms with Crippen LogP contribution in [0.4, 0.5) is 0 Å². The predicted octanol–water partition coefficient (Wildman–Crippen LogP) is 5.01. The molecule has 0 bridgehead atoms. The third-order valence-electron chi connectivity index (χ3n) is 4.51. The highest BCUT2D eigenvalue weighted by Gasteiger charge is 2.18. The lowest BCUT2D eigenvalue weighted by Gasteiger charge is -2.24. The summed E-state index contributed by atoms with van der Waals surface area (Å²) in [5, 5.41) is 3.74. The van der Waals surface area contributed by atoms with Gasteiger partial charge in [0.1, 0.15) is 0 Å². The molecule has 0 saturated heterocycles. The summed E-state index contributed by atoms with van der Waals surface area (Å²) in [5.41, 5.74) is 8.32. The van der Waals surface area contributed by atoms with E-state index >= 15 is 0 Å². The summed E-state index contributed by atoms with van der Waals surface area (Å²) in [6, 6.07) is 13.5. The maximum absolute atomic E-state index is 3.74. The summed E-state index contributed by atoms with van der Waals surface area (Å²) in [5.74, 6) is 0. The van der Waals surface area contributed by atoms with Gasteiger partial charge in [-0.1, -0.05) is 43.3 Å². The van der Waals surface area contributed by atoms with Gasteiger partial charge in [-0.2, -0.15) is 0 Å². The van der Waals surface area contributed by atoms with Crippen LogP contribution in [0.5, 0.6) is 0 Å². The molecule has 0 amide bonds. The van der Waals surface area contributed by atoms with Crippen molar-refractivity contribution in [3.63, 3.8) is 0 Å². The Labute approximate surface area is 129 Å². The molecule has 2 rings (SSSR count). The molecule has 0 radical (unpaired) electrons. The fourth-order valence-electron chi connectivity index (χ4n) is 2.85. The van der Waals surface area contributed by atoms with Crippen LogP contribution in [-0.4, -0.2) is 6.54 Å². The number of aryl methyl sites for hydroxylation is 2. The first-order valence-electron chi connectivity index (χ1n) is 7.91. The van der Waals surface area contributed by atoms with Crippen molar-refractivity contribution in [3.8, 4) is 0 Å². The van der Waals surface area contributed by atoms with Gasteiger partial charge < -0.3 is 5.32 Å². The van der Waals surface area contributed by atoms with Crippen molar-refractivity contribution in [1.82, 2.24) is 5.32 Å². The summed E-state index contributed by atoms with van der Waals surface area (Å²) < 4.78 is 0. The van der Waals surface area contributed by atoms with Crippen LogP contribution in [-0.2, 0) is 0 Å². The Morgan fingerprint density at radius 2 is 1.29 bits per heavy atom. The SMILES string of the molecule is CCCNC(c1cccc(C)c1C)c1cccc(C)c1C. The Morgan fingerprint density at radius 3 is 1.71 bits per heavy atom. The van der Waals surface area contributed by atoms with E-state index in [1.807, 2.05) is 0 Å². The number of hydrogen-bond donors (Lipinski definition) is 1. The first-order chi connectivity index (χ1) is 10.1. The first-order valence-corrected chi connectivity index (χ1v) is 7.91. The highest BCUT2D eigenvalue weighted by atomic mass is 14.9. The molecule has 21 heavy (non-hydrogen) atoms. The van der Waals surface area contributed by atoms with E-state index in [0.29, 0.717) is 0 Å². The maximum atomic E-state index is 3.74. The number of nitrogens with one attached hydrogen (secondary N) is 1. The molecule has 1 nitrogen and oxygen atoms in total. The average Bonchev–Trinajstić information content (AvgIpc) is 2.47. The third kappa shape index (κ3) is 3.36. The Bertz CT molecular complexity index is 562. The van der Waals surface area contributed by atoms with E-state index in [1.165, 1.54) is 33.4 Å². The lowest BCUT2D eigenvalue weighted by molar-refractivity contribution is 0.593. The molecule has 1 heteroatoms. The maximum Gasteiger partial charge on any atom is 0.0582 e. The Balaban J connectivity index is 2.52. The van der Waals surface area contributed by atoms with E-state index in [1.54, 1.807) is 0 Å². The third-order valence-corrected chi connectivity index (χ3v) is 4.51. The molecular formula is C20H27N. The zero-order valence-corrected chi connectivity index (χ0v) is 14.0. The van der Waals surface area contributed by atoms with Gasteiger partial charge in [-0.15, -0.1) is 0 Å². The van der Waals surface area contributed by atoms with Gasteiger partial charge in [0.15, 0.2) is 0 Å². The van der Waals surface area contributed by atoms with Crippen LogP contribution in [0.1, 0.15) is 52.8 Å². The van der Waals surface area contributed by atoms with Gasteiger partial charge in [0.2, 0.25) is 0 Å². The zero-order chi connectivity index (χ0) is 15.4. The molecule has 0 aliphatic carbocycles. The first kappa shape index (κ1) is 15.8.